The van der Waals surface area contributed by atoms with Crippen molar-refractivity contribution in [1.82, 2.24) is 15.5 Å². The van der Waals surface area contributed by atoms with E-state index >= 15 is 0 Å². The van der Waals surface area contributed by atoms with Crippen molar-refractivity contribution < 1.29 is 24.2 Å². The van der Waals surface area contributed by atoms with Gasteiger partial charge in [-0.15, -0.1) is 0 Å². The summed E-state index contributed by atoms with van der Waals surface area (Å²) in [4.78, 5) is 27.8. The molecule has 4 atom stereocenters. The maximum Gasteiger partial charge on any atom is 0.319 e. The molecule has 0 aliphatic carbocycles. The summed E-state index contributed by atoms with van der Waals surface area (Å²) in [6.07, 6.45) is 2.55. The van der Waals surface area contributed by atoms with Crippen molar-refractivity contribution >= 4 is 17.6 Å². The monoisotopic (exact) mass is 492 g/mol. The molecule has 9 heteroatoms. The number of fused-ring (bicyclic) bond motifs is 1. The van der Waals surface area contributed by atoms with Crippen LogP contribution in [0.15, 0.2) is 18.2 Å². The van der Waals surface area contributed by atoms with Crippen molar-refractivity contribution in [1.29, 1.82) is 0 Å². The minimum atomic E-state index is -0.404. The largest absolute Gasteiger partial charge is 0.490 e. The van der Waals surface area contributed by atoms with Crippen molar-refractivity contribution in [3.63, 3.8) is 0 Å². The Balaban J connectivity index is 2.46. The molecule has 0 saturated carbocycles. The fourth-order valence-electron chi connectivity index (χ4n) is 4.12. The Hall–Kier alpha value is -2.36. The van der Waals surface area contributed by atoms with Crippen LogP contribution in [-0.2, 0) is 4.74 Å². The second kappa shape index (κ2) is 14.3. The van der Waals surface area contributed by atoms with Crippen LogP contribution in [0.25, 0.3) is 0 Å². The number of nitrogens with one attached hydrogen (secondary N) is 3. The molecular formula is C26H44N4O5. The van der Waals surface area contributed by atoms with Gasteiger partial charge in [0.2, 0.25) is 0 Å². The standard InChI is InChI=1S/C26H44N4O5/c1-17(2)28-26(33)29-21-10-11-23-22(13-21)25(32)30(19(4)16-31)15-18(3)24(14-27-6)34-12-8-7-9-20(5)35-23/h10-11,13,17-20,24,27,31H,7-9,12,14-16H2,1-6H3,(H2,28,29,33)/t18-,19+,20+,24+/m0/s1. The summed E-state index contributed by atoms with van der Waals surface area (Å²) in [6.45, 7) is 11.2. The SMILES string of the molecule is CNC[C@H]1OCCCC[C@@H](C)Oc2ccc(NC(=O)NC(C)C)cc2C(=O)N([C@H](C)CO)C[C@@H]1C. The first kappa shape index (κ1) is 28.9. The van der Waals surface area contributed by atoms with Crippen molar-refractivity contribution in [3.8, 4) is 5.75 Å². The van der Waals surface area contributed by atoms with Crippen LogP contribution in [0, 0.1) is 5.92 Å². The molecule has 0 saturated heterocycles. The van der Waals surface area contributed by atoms with Gasteiger partial charge in [-0.05, 0) is 72.2 Å². The zero-order valence-corrected chi connectivity index (χ0v) is 22.1. The number of benzene rings is 1. The summed E-state index contributed by atoms with van der Waals surface area (Å²) >= 11 is 0. The highest BCUT2D eigenvalue weighted by atomic mass is 16.5. The predicted molar refractivity (Wildman–Crippen MR) is 138 cm³/mol. The number of amides is 3. The lowest BCUT2D eigenvalue weighted by molar-refractivity contribution is -0.000451. The first-order valence-corrected chi connectivity index (χ1v) is 12.7. The Bertz CT molecular complexity index is 819. The van der Waals surface area contributed by atoms with Crippen LogP contribution in [0.1, 0.15) is 64.2 Å². The number of nitrogens with zero attached hydrogens (tertiary/aromatic N) is 1. The lowest BCUT2D eigenvalue weighted by Crippen LogP contribution is -2.47. The van der Waals surface area contributed by atoms with Gasteiger partial charge in [0.25, 0.3) is 5.91 Å². The van der Waals surface area contributed by atoms with Gasteiger partial charge in [-0.3, -0.25) is 4.79 Å². The number of likely N-dealkylation sites (N-methyl/N-ethyl adjacent to an activating group) is 1. The Kier molecular flexibility index (Phi) is 11.8. The molecule has 1 aliphatic heterocycles. The van der Waals surface area contributed by atoms with E-state index in [9.17, 15) is 14.7 Å². The molecule has 4 N–H and O–H groups in total. The van der Waals surface area contributed by atoms with E-state index < -0.39 is 6.04 Å². The molecule has 0 bridgehead atoms. The molecule has 0 radical (unpaired) electrons. The third-order valence-electron chi connectivity index (χ3n) is 6.13. The van der Waals surface area contributed by atoms with E-state index in [-0.39, 0.29) is 42.7 Å². The summed E-state index contributed by atoms with van der Waals surface area (Å²) < 4.78 is 12.4. The number of carbonyl (C=O) groups excluding carboxylic acids is 2. The van der Waals surface area contributed by atoms with Crippen LogP contribution in [0.5, 0.6) is 5.75 Å². The molecule has 1 aromatic carbocycles. The minimum Gasteiger partial charge on any atom is -0.490 e. The second-order valence-corrected chi connectivity index (χ2v) is 9.82. The lowest BCUT2D eigenvalue weighted by Gasteiger charge is -2.34. The number of rotatable bonds is 6. The van der Waals surface area contributed by atoms with Crippen LogP contribution in [-0.4, -0.2) is 79.6 Å². The van der Waals surface area contributed by atoms with Gasteiger partial charge in [0, 0.05) is 37.3 Å². The molecule has 1 heterocycles. The quantitative estimate of drug-likeness (QED) is 0.485. The van der Waals surface area contributed by atoms with Crippen LogP contribution in [0.2, 0.25) is 0 Å². The summed E-state index contributed by atoms with van der Waals surface area (Å²) in [5, 5.41) is 18.7. The van der Waals surface area contributed by atoms with Crippen molar-refractivity contribution in [3.05, 3.63) is 23.8 Å². The molecule has 0 fully saturated rings. The maximum absolute atomic E-state index is 13.9. The fourth-order valence-corrected chi connectivity index (χ4v) is 4.12. The van der Waals surface area contributed by atoms with Gasteiger partial charge >= 0.3 is 6.03 Å². The van der Waals surface area contributed by atoms with E-state index in [1.807, 2.05) is 34.7 Å². The van der Waals surface area contributed by atoms with Gasteiger partial charge < -0.3 is 35.4 Å². The number of hydrogen-bond donors (Lipinski definition) is 4. The van der Waals surface area contributed by atoms with Crippen LogP contribution < -0.4 is 20.7 Å². The van der Waals surface area contributed by atoms with E-state index in [1.54, 1.807) is 23.1 Å². The zero-order chi connectivity index (χ0) is 26.0. The molecule has 0 unspecified atom stereocenters. The Morgan fingerprint density at radius 2 is 1.97 bits per heavy atom. The van der Waals surface area contributed by atoms with Gasteiger partial charge in [-0.1, -0.05) is 6.92 Å². The van der Waals surface area contributed by atoms with E-state index in [0.29, 0.717) is 36.7 Å². The first-order chi connectivity index (χ1) is 16.7. The highest BCUT2D eigenvalue weighted by Gasteiger charge is 2.29. The van der Waals surface area contributed by atoms with E-state index in [0.717, 1.165) is 19.3 Å². The third kappa shape index (κ3) is 8.98. The van der Waals surface area contributed by atoms with E-state index in [1.165, 1.54) is 0 Å². The lowest BCUT2D eigenvalue weighted by atomic mass is 10.0. The van der Waals surface area contributed by atoms with Crippen molar-refractivity contribution in [2.24, 2.45) is 5.92 Å². The van der Waals surface area contributed by atoms with Crippen molar-refractivity contribution in [2.45, 2.75) is 78.2 Å². The molecule has 0 spiro atoms. The van der Waals surface area contributed by atoms with Gasteiger partial charge in [-0.25, -0.2) is 4.79 Å². The third-order valence-corrected chi connectivity index (χ3v) is 6.13. The second-order valence-electron chi connectivity index (χ2n) is 9.82. The Morgan fingerprint density at radius 1 is 1.23 bits per heavy atom. The molecule has 1 aliphatic rings. The van der Waals surface area contributed by atoms with Gasteiger partial charge in [0.1, 0.15) is 5.75 Å². The van der Waals surface area contributed by atoms with Gasteiger partial charge in [0.15, 0.2) is 0 Å². The smallest absolute Gasteiger partial charge is 0.319 e. The topological polar surface area (TPSA) is 112 Å². The number of aliphatic hydroxyl groups excluding tert-OH is 1. The number of urea groups is 1. The molecule has 3 amide bonds. The first-order valence-electron chi connectivity index (χ1n) is 12.7. The summed E-state index contributed by atoms with van der Waals surface area (Å²) in [5.74, 6) is 0.249. The molecule has 1 aromatic rings. The number of hydrogen-bond acceptors (Lipinski definition) is 6. The van der Waals surface area contributed by atoms with Gasteiger partial charge in [0.05, 0.1) is 30.4 Å². The highest BCUT2D eigenvalue weighted by Crippen LogP contribution is 2.28. The molecular weight excluding hydrogens is 448 g/mol. The molecule has 9 nitrogen and oxygen atoms in total. The van der Waals surface area contributed by atoms with Crippen LogP contribution in [0.4, 0.5) is 10.5 Å². The summed E-state index contributed by atoms with van der Waals surface area (Å²) in [7, 11) is 1.89. The van der Waals surface area contributed by atoms with Crippen LogP contribution >= 0.6 is 0 Å². The van der Waals surface area contributed by atoms with E-state index in [2.05, 4.69) is 22.9 Å². The Labute approximate surface area is 209 Å². The number of anilines is 1. The van der Waals surface area contributed by atoms with E-state index in [4.69, 9.17) is 9.47 Å². The maximum atomic E-state index is 13.9. The molecule has 2 rings (SSSR count). The molecule has 0 aromatic heterocycles. The number of aliphatic hydroxyl groups is 1. The average Bonchev–Trinajstić information content (AvgIpc) is 2.80. The molecule has 35 heavy (non-hydrogen) atoms. The van der Waals surface area contributed by atoms with Crippen molar-refractivity contribution in [2.75, 3.05) is 38.7 Å². The minimum absolute atomic E-state index is 0.0201. The van der Waals surface area contributed by atoms with Gasteiger partial charge in [-0.2, -0.15) is 0 Å². The average molecular weight is 493 g/mol. The number of ether oxygens (including phenoxy) is 2. The molecule has 198 valence electrons. The number of carbonyl (C=O) groups is 2. The highest BCUT2D eigenvalue weighted by molar-refractivity contribution is 5.99. The predicted octanol–water partition coefficient (Wildman–Crippen LogP) is 3.23. The summed E-state index contributed by atoms with van der Waals surface area (Å²) in [6, 6.07) is 4.36. The normalized spacial score (nSPS) is 23.1. The summed E-state index contributed by atoms with van der Waals surface area (Å²) in [5.41, 5.74) is 0.850. The fraction of sp³-hybridized carbons (Fsp3) is 0.692. The Morgan fingerprint density at radius 3 is 2.63 bits per heavy atom. The van der Waals surface area contributed by atoms with Crippen LogP contribution in [0.3, 0.4) is 0 Å². The zero-order valence-electron chi connectivity index (χ0n) is 22.1.